The minimum Gasteiger partial charge on any atom is -0.496 e. The Morgan fingerprint density at radius 1 is 1.34 bits per heavy atom. The van der Waals surface area contributed by atoms with Crippen LogP contribution in [0, 0.1) is 11.3 Å². The Kier molecular flexibility index (Phi) is 5.76. The highest BCUT2D eigenvalue weighted by molar-refractivity contribution is 6.01. The van der Waals surface area contributed by atoms with Gasteiger partial charge in [0.25, 0.3) is 5.91 Å². The van der Waals surface area contributed by atoms with Crippen LogP contribution in [0.1, 0.15) is 42.6 Å². The van der Waals surface area contributed by atoms with Crippen LogP contribution >= 0.6 is 0 Å². The molecule has 8 heteroatoms. The molecule has 1 aromatic carbocycles. The first-order chi connectivity index (χ1) is 15.4. The van der Waals surface area contributed by atoms with Crippen molar-refractivity contribution in [3.05, 3.63) is 47.8 Å². The minimum absolute atomic E-state index is 0.0533. The number of methoxy groups -OCH3 is 1. The molecule has 1 fully saturated rings. The number of nitrogens with one attached hydrogen (secondary N) is 1. The molecule has 1 amide bonds. The van der Waals surface area contributed by atoms with Crippen LogP contribution in [0.25, 0.3) is 16.6 Å². The number of rotatable bonds is 8. The van der Waals surface area contributed by atoms with E-state index in [9.17, 15) is 15.2 Å². The molecule has 0 aliphatic heterocycles. The quantitative estimate of drug-likeness (QED) is 0.564. The molecule has 0 bridgehead atoms. The molecule has 2 heterocycles. The van der Waals surface area contributed by atoms with Gasteiger partial charge in [0, 0.05) is 17.8 Å². The van der Waals surface area contributed by atoms with E-state index in [1.807, 2.05) is 32.2 Å². The highest BCUT2D eigenvalue weighted by atomic mass is 16.5. The van der Waals surface area contributed by atoms with Gasteiger partial charge in [-0.2, -0.15) is 10.4 Å². The van der Waals surface area contributed by atoms with Gasteiger partial charge >= 0.3 is 0 Å². The minimum atomic E-state index is -0.634. The lowest BCUT2D eigenvalue weighted by atomic mass is 9.87. The van der Waals surface area contributed by atoms with Gasteiger partial charge in [-0.25, -0.2) is 4.52 Å². The predicted molar refractivity (Wildman–Crippen MR) is 119 cm³/mol. The van der Waals surface area contributed by atoms with Crippen LogP contribution < -0.4 is 14.8 Å². The molecule has 8 nitrogen and oxygen atoms in total. The first-order valence-corrected chi connectivity index (χ1v) is 10.5. The topological polar surface area (TPSA) is 109 Å². The smallest absolute Gasteiger partial charge is 0.259 e. The van der Waals surface area contributed by atoms with Crippen LogP contribution in [0.3, 0.4) is 0 Å². The number of nitriles is 1. The molecule has 1 saturated carbocycles. The highest BCUT2D eigenvalue weighted by Gasteiger charge is 2.28. The molecule has 32 heavy (non-hydrogen) atoms. The average molecular weight is 434 g/mol. The van der Waals surface area contributed by atoms with Crippen molar-refractivity contribution in [3.63, 3.8) is 0 Å². The van der Waals surface area contributed by atoms with Crippen LogP contribution in [0.5, 0.6) is 11.5 Å². The van der Waals surface area contributed by atoms with Crippen molar-refractivity contribution in [3.8, 4) is 28.7 Å². The lowest BCUT2D eigenvalue weighted by molar-refractivity contribution is 0.0942. The Hall–Kier alpha value is -3.57. The molecular weight excluding hydrogens is 408 g/mol. The Balaban J connectivity index is 1.80. The molecule has 0 atom stereocenters. The van der Waals surface area contributed by atoms with E-state index < -0.39 is 5.41 Å². The van der Waals surface area contributed by atoms with Crippen molar-refractivity contribution in [2.24, 2.45) is 0 Å². The molecule has 0 radical (unpaired) electrons. The summed E-state index contributed by atoms with van der Waals surface area (Å²) in [6.45, 7) is 3.60. The second-order valence-electron chi connectivity index (χ2n) is 8.41. The number of hydrogen-bond donors (Lipinski definition) is 2. The summed E-state index contributed by atoms with van der Waals surface area (Å²) in [7, 11) is 1.51. The van der Waals surface area contributed by atoms with Gasteiger partial charge in [0.15, 0.2) is 0 Å². The molecular formula is C24H26N4O4. The number of benzene rings is 1. The predicted octanol–water partition coefficient (Wildman–Crippen LogP) is 3.07. The van der Waals surface area contributed by atoms with E-state index >= 15 is 0 Å². The molecule has 2 aromatic heterocycles. The van der Waals surface area contributed by atoms with E-state index in [0.29, 0.717) is 17.1 Å². The number of aliphatic hydroxyl groups is 1. The molecule has 4 rings (SSSR count). The summed E-state index contributed by atoms with van der Waals surface area (Å²) in [6.07, 6.45) is 5.50. The lowest BCUT2D eigenvalue weighted by Gasteiger charge is -2.17. The molecule has 0 spiro atoms. The number of carbonyl (C=O) groups is 1. The van der Waals surface area contributed by atoms with E-state index in [1.54, 1.807) is 22.8 Å². The third-order valence-corrected chi connectivity index (χ3v) is 5.60. The third kappa shape index (κ3) is 4.12. The Morgan fingerprint density at radius 3 is 2.75 bits per heavy atom. The summed E-state index contributed by atoms with van der Waals surface area (Å²) in [6, 6.07) is 9.89. The monoisotopic (exact) mass is 434 g/mol. The van der Waals surface area contributed by atoms with E-state index in [0.717, 1.165) is 35.0 Å². The molecule has 0 saturated heterocycles. The summed E-state index contributed by atoms with van der Waals surface area (Å²) >= 11 is 0. The van der Waals surface area contributed by atoms with Crippen molar-refractivity contribution < 1.29 is 19.4 Å². The van der Waals surface area contributed by atoms with Gasteiger partial charge in [0.05, 0.1) is 36.9 Å². The number of amides is 1. The van der Waals surface area contributed by atoms with E-state index in [-0.39, 0.29) is 25.2 Å². The number of hydrogen-bond acceptors (Lipinski definition) is 6. The molecule has 2 N–H and O–H groups in total. The fraction of sp³-hybridized carbons (Fsp3) is 0.375. The number of pyridine rings is 1. The fourth-order valence-electron chi connectivity index (χ4n) is 3.53. The zero-order chi connectivity index (χ0) is 22.9. The molecule has 166 valence electrons. The second-order valence-corrected chi connectivity index (χ2v) is 8.41. The Bertz CT molecular complexity index is 1200. The zero-order valence-electron chi connectivity index (χ0n) is 18.4. The van der Waals surface area contributed by atoms with Gasteiger partial charge in [0.2, 0.25) is 0 Å². The number of aromatic nitrogens is 2. The standard InChI is InChI=1S/C24H26N4O4/c1-24(2,14-25)16-4-7-19-18(12-26-28(19)13-16)15-10-20(31-3)22(21(11-15)32-9-8-29)23(30)27-17-5-6-17/h4,7,10-13,17,29H,5-6,8-9H2,1-3H3,(H,27,30). The molecule has 0 unspecified atom stereocenters. The van der Waals surface area contributed by atoms with Crippen molar-refractivity contribution in [2.75, 3.05) is 20.3 Å². The van der Waals surface area contributed by atoms with Crippen LogP contribution in [0.15, 0.2) is 36.7 Å². The number of ether oxygens (including phenoxy) is 2. The van der Waals surface area contributed by atoms with Crippen molar-refractivity contribution in [1.82, 2.24) is 14.9 Å². The lowest BCUT2D eigenvalue weighted by Crippen LogP contribution is -2.26. The Labute approximate surface area is 186 Å². The van der Waals surface area contributed by atoms with E-state index in [2.05, 4.69) is 16.5 Å². The van der Waals surface area contributed by atoms with Crippen molar-refractivity contribution in [1.29, 1.82) is 5.26 Å². The fourth-order valence-corrected chi connectivity index (χ4v) is 3.53. The normalized spacial score (nSPS) is 13.6. The van der Waals surface area contributed by atoms with Gasteiger partial charge in [-0.15, -0.1) is 0 Å². The maximum Gasteiger partial charge on any atom is 0.259 e. The maximum absolute atomic E-state index is 12.9. The molecule has 1 aliphatic carbocycles. The maximum atomic E-state index is 12.9. The third-order valence-electron chi connectivity index (χ3n) is 5.60. The van der Waals surface area contributed by atoms with Gasteiger partial charge in [-0.1, -0.05) is 6.07 Å². The van der Waals surface area contributed by atoms with Crippen LogP contribution in [-0.4, -0.2) is 47.0 Å². The SMILES string of the molecule is COc1cc(-c2cnn3cc(C(C)(C)C#N)ccc23)cc(OCCO)c1C(=O)NC1CC1. The van der Waals surface area contributed by atoms with Crippen molar-refractivity contribution >= 4 is 11.4 Å². The van der Waals surface area contributed by atoms with E-state index in [1.165, 1.54) is 7.11 Å². The molecule has 1 aliphatic rings. The van der Waals surface area contributed by atoms with Gasteiger partial charge < -0.3 is 19.9 Å². The summed E-state index contributed by atoms with van der Waals surface area (Å²) in [4.78, 5) is 12.9. The van der Waals surface area contributed by atoms with E-state index in [4.69, 9.17) is 9.47 Å². The number of aliphatic hydroxyl groups excluding tert-OH is 1. The van der Waals surface area contributed by atoms with Gasteiger partial charge in [-0.05, 0) is 56.0 Å². The number of carbonyl (C=O) groups excluding carboxylic acids is 1. The van der Waals surface area contributed by atoms with Gasteiger partial charge in [0.1, 0.15) is 23.7 Å². The summed E-state index contributed by atoms with van der Waals surface area (Å²) in [5.41, 5.74) is 2.97. The van der Waals surface area contributed by atoms with Crippen LogP contribution in [0.4, 0.5) is 0 Å². The largest absolute Gasteiger partial charge is 0.496 e. The average Bonchev–Trinajstić information content (AvgIpc) is 3.51. The van der Waals surface area contributed by atoms with Gasteiger partial charge in [-0.3, -0.25) is 4.79 Å². The summed E-state index contributed by atoms with van der Waals surface area (Å²) in [5, 5.41) is 26.1. The van der Waals surface area contributed by atoms with Crippen LogP contribution in [-0.2, 0) is 5.41 Å². The number of fused-ring (bicyclic) bond motifs is 1. The Morgan fingerprint density at radius 2 is 2.09 bits per heavy atom. The first kappa shape index (κ1) is 21.7. The first-order valence-electron chi connectivity index (χ1n) is 10.5. The summed E-state index contributed by atoms with van der Waals surface area (Å²) in [5.74, 6) is 0.468. The van der Waals surface area contributed by atoms with Crippen molar-refractivity contribution in [2.45, 2.75) is 38.1 Å². The second kappa shape index (κ2) is 8.52. The highest BCUT2D eigenvalue weighted by Crippen LogP contribution is 2.37. The zero-order valence-corrected chi connectivity index (χ0v) is 18.4. The molecule has 3 aromatic rings. The van der Waals surface area contributed by atoms with Crippen LogP contribution in [0.2, 0.25) is 0 Å². The number of nitrogens with zero attached hydrogens (tertiary/aromatic N) is 3. The summed E-state index contributed by atoms with van der Waals surface area (Å²) < 4.78 is 13.0.